The molecule has 0 heterocycles. The molecule has 13 heavy (non-hydrogen) atoms. The molecule has 0 saturated heterocycles. The molecule has 4 nitrogen and oxygen atoms in total. The van der Waals surface area contributed by atoms with Crippen LogP contribution in [0, 0.1) is 5.92 Å². The number of carboxylic acid groups (broad SMARTS) is 1. The zero-order chi connectivity index (χ0) is 9.84. The van der Waals surface area contributed by atoms with E-state index in [0.717, 1.165) is 19.3 Å². The number of Topliss-reactive ketones (excluding diaryl/α,β-unsaturated/α-hetero) is 1. The van der Waals surface area contributed by atoms with Crippen molar-refractivity contribution in [2.45, 2.75) is 38.1 Å². The first-order valence-electron chi connectivity index (χ1n) is 4.64. The molecule has 0 spiro atoms. The maximum atomic E-state index is 11.4. The van der Waals surface area contributed by atoms with Gasteiger partial charge < -0.3 is 10.8 Å². The van der Waals surface area contributed by atoms with Gasteiger partial charge in [0.2, 0.25) is 0 Å². The maximum Gasteiger partial charge on any atom is 0.321 e. The summed E-state index contributed by atoms with van der Waals surface area (Å²) in [5, 5.41) is 8.67. The molecule has 0 radical (unpaired) electrons. The van der Waals surface area contributed by atoms with Gasteiger partial charge in [0.25, 0.3) is 0 Å². The van der Waals surface area contributed by atoms with Gasteiger partial charge in [0.15, 0.2) is 0 Å². The monoisotopic (exact) mass is 185 g/mol. The molecular weight excluding hydrogens is 170 g/mol. The van der Waals surface area contributed by atoms with Crippen molar-refractivity contribution < 1.29 is 14.7 Å². The first-order valence-corrected chi connectivity index (χ1v) is 4.64. The molecule has 74 valence electrons. The number of nitrogens with two attached hydrogens (primary N) is 1. The fraction of sp³-hybridized carbons (Fsp3) is 0.778. The maximum absolute atomic E-state index is 11.4. The summed E-state index contributed by atoms with van der Waals surface area (Å²) in [4.78, 5) is 22.0. The second-order valence-corrected chi connectivity index (χ2v) is 3.54. The smallest absolute Gasteiger partial charge is 0.321 e. The SMILES string of the molecule is N[C@H](C(=O)O)[C@@H]1CCCCCC1=O. The number of carboxylic acids is 1. The molecule has 3 N–H and O–H groups in total. The molecule has 4 heteroatoms. The zero-order valence-electron chi connectivity index (χ0n) is 7.53. The van der Waals surface area contributed by atoms with E-state index in [9.17, 15) is 9.59 Å². The molecule has 0 bridgehead atoms. The van der Waals surface area contributed by atoms with E-state index in [4.69, 9.17) is 10.8 Å². The fourth-order valence-electron chi connectivity index (χ4n) is 1.74. The van der Waals surface area contributed by atoms with Crippen molar-refractivity contribution in [3.05, 3.63) is 0 Å². The van der Waals surface area contributed by atoms with Gasteiger partial charge in [-0.15, -0.1) is 0 Å². The van der Waals surface area contributed by atoms with Crippen molar-refractivity contribution >= 4 is 11.8 Å². The van der Waals surface area contributed by atoms with Crippen molar-refractivity contribution in [2.75, 3.05) is 0 Å². The van der Waals surface area contributed by atoms with Crippen molar-refractivity contribution in [2.24, 2.45) is 11.7 Å². The number of carbonyl (C=O) groups is 2. The summed E-state index contributed by atoms with van der Waals surface area (Å²) in [7, 11) is 0. The Morgan fingerprint density at radius 3 is 2.77 bits per heavy atom. The first kappa shape index (κ1) is 10.2. The Morgan fingerprint density at radius 1 is 1.46 bits per heavy atom. The molecular formula is C9H15NO3. The molecule has 2 atom stereocenters. The van der Waals surface area contributed by atoms with Gasteiger partial charge in [-0.2, -0.15) is 0 Å². The van der Waals surface area contributed by atoms with Crippen LogP contribution in [0.3, 0.4) is 0 Å². The minimum Gasteiger partial charge on any atom is -0.480 e. The zero-order valence-corrected chi connectivity index (χ0v) is 7.53. The molecule has 1 saturated carbocycles. The molecule has 0 unspecified atom stereocenters. The number of ketones is 1. The summed E-state index contributed by atoms with van der Waals surface area (Å²) in [5.74, 6) is -1.51. The summed E-state index contributed by atoms with van der Waals surface area (Å²) in [5.41, 5.74) is 5.43. The highest BCUT2D eigenvalue weighted by atomic mass is 16.4. The summed E-state index contributed by atoms with van der Waals surface area (Å²) < 4.78 is 0. The van der Waals surface area contributed by atoms with Crippen LogP contribution in [-0.2, 0) is 9.59 Å². The van der Waals surface area contributed by atoms with E-state index >= 15 is 0 Å². The van der Waals surface area contributed by atoms with E-state index in [1.54, 1.807) is 0 Å². The summed E-state index contributed by atoms with van der Waals surface area (Å²) in [6.07, 6.45) is 3.92. The van der Waals surface area contributed by atoms with Gasteiger partial charge in [-0.25, -0.2) is 0 Å². The second-order valence-electron chi connectivity index (χ2n) is 3.54. The normalized spacial score (nSPS) is 26.5. The molecule has 1 fully saturated rings. The van der Waals surface area contributed by atoms with E-state index in [-0.39, 0.29) is 5.78 Å². The average molecular weight is 185 g/mol. The number of hydrogen-bond donors (Lipinski definition) is 2. The lowest BCUT2D eigenvalue weighted by atomic mass is 9.91. The van der Waals surface area contributed by atoms with Crippen LogP contribution < -0.4 is 5.73 Å². The Balaban J connectivity index is 2.64. The summed E-state index contributed by atoms with van der Waals surface area (Å²) >= 11 is 0. The van der Waals surface area contributed by atoms with Crippen LogP contribution in [0.5, 0.6) is 0 Å². The number of rotatable bonds is 2. The van der Waals surface area contributed by atoms with Gasteiger partial charge in [0.1, 0.15) is 11.8 Å². The van der Waals surface area contributed by atoms with Crippen molar-refractivity contribution in [1.29, 1.82) is 0 Å². The summed E-state index contributed by atoms with van der Waals surface area (Å²) in [6.45, 7) is 0. The Labute approximate surface area is 77.1 Å². The largest absolute Gasteiger partial charge is 0.480 e. The molecule has 0 aromatic heterocycles. The minimum atomic E-state index is -1.07. The quantitative estimate of drug-likeness (QED) is 0.615. The van der Waals surface area contributed by atoms with Crippen molar-refractivity contribution in [1.82, 2.24) is 0 Å². The van der Waals surface area contributed by atoms with Gasteiger partial charge in [-0.3, -0.25) is 9.59 Å². The van der Waals surface area contributed by atoms with Crippen molar-refractivity contribution in [3.8, 4) is 0 Å². The standard InChI is InChI=1S/C9H15NO3/c10-8(9(12)13)6-4-2-1-3-5-7(6)11/h6,8H,1-5,10H2,(H,12,13)/t6-,8+/m1/s1. The molecule has 0 amide bonds. The van der Waals surface area contributed by atoms with Gasteiger partial charge in [-0.05, 0) is 12.8 Å². The van der Waals surface area contributed by atoms with Gasteiger partial charge >= 0.3 is 5.97 Å². The molecule has 1 aliphatic carbocycles. The topological polar surface area (TPSA) is 80.4 Å². The van der Waals surface area contributed by atoms with E-state index < -0.39 is 17.9 Å². The highest BCUT2D eigenvalue weighted by Crippen LogP contribution is 2.22. The lowest BCUT2D eigenvalue weighted by Gasteiger charge is -2.16. The van der Waals surface area contributed by atoms with Crippen LogP contribution in [0.1, 0.15) is 32.1 Å². The van der Waals surface area contributed by atoms with Crippen LogP contribution in [0.2, 0.25) is 0 Å². The Bertz CT molecular complexity index is 215. The van der Waals surface area contributed by atoms with Crippen LogP contribution in [0.15, 0.2) is 0 Å². The van der Waals surface area contributed by atoms with E-state index in [1.165, 1.54) is 0 Å². The number of hydrogen-bond acceptors (Lipinski definition) is 3. The Hall–Kier alpha value is -0.900. The van der Waals surface area contributed by atoms with E-state index in [2.05, 4.69) is 0 Å². The van der Waals surface area contributed by atoms with Crippen LogP contribution in [-0.4, -0.2) is 22.9 Å². The van der Waals surface area contributed by atoms with E-state index in [1.807, 2.05) is 0 Å². The third-order valence-electron chi connectivity index (χ3n) is 2.57. The van der Waals surface area contributed by atoms with Crippen LogP contribution >= 0.6 is 0 Å². The van der Waals surface area contributed by atoms with Crippen LogP contribution in [0.25, 0.3) is 0 Å². The second kappa shape index (κ2) is 4.37. The van der Waals surface area contributed by atoms with Gasteiger partial charge in [0, 0.05) is 12.3 Å². The molecule has 1 aliphatic rings. The molecule has 0 aromatic rings. The third-order valence-corrected chi connectivity index (χ3v) is 2.57. The highest BCUT2D eigenvalue weighted by molar-refractivity contribution is 5.88. The lowest BCUT2D eigenvalue weighted by Crippen LogP contribution is -2.41. The third kappa shape index (κ3) is 2.52. The Kier molecular flexibility index (Phi) is 3.42. The first-order chi connectivity index (χ1) is 6.13. The van der Waals surface area contributed by atoms with Gasteiger partial charge in [-0.1, -0.05) is 12.8 Å². The van der Waals surface area contributed by atoms with E-state index in [0.29, 0.717) is 12.8 Å². The Morgan fingerprint density at radius 2 is 2.15 bits per heavy atom. The fourth-order valence-corrected chi connectivity index (χ4v) is 1.74. The molecule has 0 aromatic carbocycles. The predicted molar refractivity (Wildman–Crippen MR) is 47.2 cm³/mol. The minimum absolute atomic E-state index is 0.0207. The summed E-state index contributed by atoms with van der Waals surface area (Å²) in [6, 6.07) is -1.01. The van der Waals surface area contributed by atoms with Gasteiger partial charge in [0.05, 0.1) is 0 Å². The predicted octanol–water partition coefficient (Wildman–Crippen LogP) is 0.548. The number of aliphatic carboxylic acids is 1. The molecule has 0 aliphatic heterocycles. The average Bonchev–Trinajstić information content (AvgIpc) is 2.28. The van der Waals surface area contributed by atoms with Crippen molar-refractivity contribution in [3.63, 3.8) is 0 Å². The lowest BCUT2D eigenvalue weighted by molar-refractivity contribution is -0.142. The highest BCUT2D eigenvalue weighted by Gasteiger charge is 2.30. The number of carbonyl (C=O) groups excluding carboxylic acids is 1. The molecule has 1 rings (SSSR count). The van der Waals surface area contributed by atoms with Crippen LogP contribution in [0.4, 0.5) is 0 Å².